The summed E-state index contributed by atoms with van der Waals surface area (Å²) in [5, 5.41) is 0.537. The van der Waals surface area contributed by atoms with Crippen LogP contribution < -0.4 is 0 Å². The molecule has 0 bridgehead atoms. The van der Waals surface area contributed by atoms with E-state index in [9.17, 15) is 9.59 Å². The summed E-state index contributed by atoms with van der Waals surface area (Å²) in [4.78, 5) is 24.0. The van der Waals surface area contributed by atoms with Gasteiger partial charge in [0.1, 0.15) is 0 Å². The average Bonchev–Trinajstić information content (AvgIpc) is 2.48. The number of rotatable bonds is 4. The zero-order valence-electron chi connectivity index (χ0n) is 10.9. The van der Waals surface area contributed by atoms with Crippen LogP contribution in [0.3, 0.4) is 0 Å². The highest BCUT2D eigenvalue weighted by molar-refractivity contribution is 6.30. The van der Waals surface area contributed by atoms with Gasteiger partial charge in [0.15, 0.2) is 6.10 Å². The van der Waals surface area contributed by atoms with Crippen molar-refractivity contribution in [2.24, 2.45) is 0 Å². The SMILES string of the molecule is C[C@@H](OC(=O)c1ccc(Cl)cc1)C(=O)c1ccccc1. The van der Waals surface area contributed by atoms with Gasteiger partial charge in [-0.2, -0.15) is 0 Å². The Morgan fingerprint density at radius 3 is 2.15 bits per heavy atom. The fourth-order valence-corrected chi connectivity index (χ4v) is 1.83. The third-order valence-electron chi connectivity index (χ3n) is 2.79. The van der Waals surface area contributed by atoms with Gasteiger partial charge in [0.25, 0.3) is 0 Å². The smallest absolute Gasteiger partial charge is 0.338 e. The third kappa shape index (κ3) is 3.45. The van der Waals surface area contributed by atoms with Gasteiger partial charge in [-0.1, -0.05) is 41.9 Å². The lowest BCUT2D eigenvalue weighted by Crippen LogP contribution is -2.24. The van der Waals surface area contributed by atoms with Crippen LogP contribution in [0.1, 0.15) is 27.6 Å². The van der Waals surface area contributed by atoms with Crippen molar-refractivity contribution >= 4 is 23.4 Å². The summed E-state index contributed by atoms with van der Waals surface area (Å²) in [7, 11) is 0. The zero-order valence-corrected chi connectivity index (χ0v) is 11.6. The maximum Gasteiger partial charge on any atom is 0.338 e. The molecule has 1 atom stereocenters. The topological polar surface area (TPSA) is 43.4 Å². The van der Waals surface area contributed by atoms with Crippen LogP contribution >= 0.6 is 11.6 Å². The molecule has 2 aromatic carbocycles. The van der Waals surface area contributed by atoms with E-state index in [-0.39, 0.29) is 5.78 Å². The van der Waals surface area contributed by atoms with Gasteiger partial charge in [0.05, 0.1) is 5.56 Å². The molecule has 0 aromatic heterocycles. The van der Waals surface area contributed by atoms with E-state index in [1.165, 1.54) is 0 Å². The molecule has 0 aliphatic heterocycles. The molecular formula is C16H13ClO3. The number of hydrogen-bond acceptors (Lipinski definition) is 3. The van der Waals surface area contributed by atoms with E-state index in [0.717, 1.165) is 0 Å². The van der Waals surface area contributed by atoms with Gasteiger partial charge in [-0.25, -0.2) is 4.79 Å². The lowest BCUT2D eigenvalue weighted by atomic mass is 10.1. The summed E-state index contributed by atoms with van der Waals surface area (Å²) in [6, 6.07) is 15.0. The first-order chi connectivity index (χ1) is 9.58. The number of halogens is 1. The van der Waals surface area contributed by atoms with Crippen LogP contribution in [0.2, 0.25) is 5.02 Å². The first kappa shape index (κ1) is 14.3. The molecule has 0 unspecified atom stereocenters. The van der Waals surface area contributed by atoms with E-state index in [1.54, 1.807) is 55.5 Å². The predicted molar refractivity (Wildman–Crippen MR) is 77.1 cm³/mol. The third-order valence-corrected chi connectivity index (χ3v) is 3.04. The molecule has 0 fully saturated rings. The molecular weight excluding hydrogens is 276 g/mol. The van der Waals surface area contributed by atoms with Crippen LogP contribution in [-0.4, -0.2) is 17.9 Å². The quantitative estimate of drug-likeness (QED) is 0.635. The van der Waals surface area contributed by atoms with Gasteiger partial charge in [-0.15, -0.1) is 0 Å². The second-order valence-electron chi connectivity index (χ2n) is 4.28. The number of benzene rings is 2. The Kier molecular flexibility index (Phi) is 4.53. The van der Waals surface area contributed by atoms with Gasteiger partial charge in [0.2, 0.25) is 5.78 Å². The molecule has 0 heterocycles. The number of Topliss-reactive ketones (excluding diaryl/α,β-unsaturated/α-hetero) is 1. The molecule has 2 aromatic rings. The minimum absolute atomic E-state index is 0.229. The van der Waals surface area contributed by atoms with Crippen LogP contribution in [0.15, 0.2) is 54.6 Å². The lowest BCUT2D eigenvalue weighted by molar-refractivity contribution is 0.0319. The Balaban J connectivity index is 2.04. The van der Waals surface area contributed by atoms with E-state index >= 15 is 0 Å². The van der Waals surface area contributed by atoms with Crippen LogP contribution in [-0.2, 0) is 4.74 Å². The fraction of sp³-hybridized carbons (Fsp3) is 0.125. The van der Waals surface area contributed by atoms with Gasteiger partial charge in [-0.05, 0) is 31.2 Å². The Morgan fingerprint density at radius 1 is 0.950 bits per heavy atom. The molecule has 0 saturated carbocycles. The van der Waals surface area contributed by atoms with Crippen molar-refractivity contribution in [1.29, 1.82) is 0 Å². The van der Waals surface area contributed by atoms with Gasteiger partial charge >= 0.3 is 5.97 Å². The largest absolute Gasteiger partial charge is 0.451 e. The van der Waals surface area contributed by atoms with E-state index in [2.05, 4.69) is 0 Å². The molecule has 0 N–H and O–H groups in total. The van der Waals surface area contributed by atoms with Crippen molar-refractivity contribution in [3.63, 3.8) is 0 Å². The van der Waals surface area contributed by atoms with Crippen LogP contribution in [0.4, 0.5) is 0 Å². The molecule has 102 valence electrons. The van der Waals surface area contributed by atoms with Crippen molar-refractivity contribution in [1.82, 2.24) is 0 Å². The summed E-state index contributed by atoms with van der Waals surface area (Å²) in [5.41, 5.74) is 0.881. The molecule has 0 aliphatic carbocycles. The van der Waals surface area contributed by atoms with Crippen LogP contribution in [0.5, 0.6) is 0 Å². The van der Waals surface area contributed by atoms with E-state index < -0.39 is 12.1 Å². The fourth-order valence-electron chi connectivity index (χ4n) is 1.71. The summed E-state index contributed by atoms with van der Waals surface area (Å²) in [6.45, 7) is 1.56. The molecule has 0 amide bonds. The highest BCUT2D eigenvalue weighted by atomic mass is 35.5. The Hall–Kier alpha value is -2.13. The zero-order chi connectivity index (χ0) is 14.5. The minimum Gasteiger partial charge on any atom is -0.451 e. The first-order valence-electron chi connectivity index (χ1n) is 6.14. The highest BCUT2D eigenvalue weighted by Gasteiger charge is 2.20. The minimum atomic E-state index is -0.833. The Morgan fingerprint density at radius 2 is 1.55 bits per heavy atom. The van der Waals surface area contributed by atoms with Gasteiger partial charge < -0.3 is 4.74 Å². The highest BCUT2D eigenvalue weighted by Crippen LogP contribution is 2.12. The summed E-state index contributed by atoms with van der Waals surface area (Å²) in [5.74, 6) is -0.772. The van der Waals surface area contributed by atoms with Crippen LogP contribution in [0.25, 0.3) is 0 Å². The van der Waals surface area contributed by atoms with Gasteiger partial charge in [-0.3, -0.25) is 4.79 Å². The number of ether oxygens (including phenoxy) is 1. The number of esters is 1. The Labute approximate surface area is 122 Å². The van der Waals surface area contributed by atoms with Crippen molar-refractivity contribution in [2.75, 3.05) is 0 Å². The number of carbonyl (C=O) groups excluding carboxylic acids is 2. The summed E-state index contributed by atoms with van der Waals surface area (Å²) in [6.07, 6.45) is -0.833. The summed E-state index contributed by atoms with van der Waals surface area (Å²) >= 11 is 5.75. The van der Waals surface area contributed by atoms with Crippen molar-refractivity contribution in [2.45, 2.75) is 13.0 Å². The average molecular weight is 289 g/mol. The molecule has 0 saturated heterocycles. The standard InChI is InChI=1S/C16H13ClO3/c1-11(15(18)12-5-3-2-4-6-12)20-16(19)13-7-9-14(17)10-8-13/h2-11H,1H3/t11-/m1/s1. The van der Waals surface area contributed by atoms with Gasteiger partial charge in [0, 0.05) is 10.6 Å². The van der Waals surface area contributed by atoms with Crippen molar-refractivity contribution in [3.8, 4) is 0 Å². The van der Waals surface area contributed by atoms with Crippen LogP contribution in [0, 0.1) is 0 Å². The summed E-state index contributed by atoms with van der Waals surface area (Å²) < 4.78 is 5.16. The maximum atomic E-state index is 12.1. The second kappa shape index (κ2) is 6.35. The number of carbonyl (C=O) groups is 2. The lowest BCUT2D eigenvalue weighted by Gasteiger charge is -2.12. The predicted octanol–water partition coefficient (Wildman–Crippen LogP) is 3.77. The molecule has 4 heteroatoms. The van der Waals surface area contributed by atoms with E-state index in [0.29, 0.717) is 16.1 Å². The Bertz CT molecular complexity index is 605. The molecule has 0 aliphatic rings. The molecule has 0 radical (unpaired) electrons. The first-order valence-corrected chi connectivity index (χ1v) is 6.51. The molecule has 20 heavy (non-hydrogen) atoms. The van der Waals surface area contributed by atoms with Crippen molar-refractivity contribution in [3.05, 3.63) is 70.7 Å². The molecule has 3 nitrogen and oxygen atoms in total. The monoisotopic (exact) mass is 288 g/mol. The number of ketones is 1. The second-order valence-corrected chi connectivity index (χ2v) is 4.72. The normalized spacial score (nSPS) is 11.7. The number of hydrogen-bond donors (Lipinski definition) is 0. The maximum absolute atomic E-state index is 12.1. The molecule has 2 rings (SSSR count). The van der Waals surface area contributed by atoms with E-state index in [1.807, 2.05) is 6.07 Å². The van der Waals surface area contributed by atoms with Crippen molar-refractivity contribution < 1.29 is 14.3 Å². The molecule has 0 spiro atoms. The van der Waals surface area contributed by atoms with E-state index in [4.69, 9.17) is 16.3 Å².